The van der Waals surface area contributed by atoms with Gasteiger partial charge in [0.15, 0.2) is 0 Å². The summed E-state index contributed by atoms with van der Waals surface area (Å²) >= 11 is 0. The van der Waals surface area contributed by atoms with E-state index in [2.05, 4.69) is 5.32 Å². The van der Waals surface area contributed by atoms with Gasteiger partial charge in [0.2, 0.25) is 5.91 Å². The number of halogens is 1. The molecule has 0 radical (unpaired) electrons. The summed E-state index contributed by atoms with van der Waals surface area (Å²) in [5.74, 6) is -0.0146. The zero-order valence-electron chi connectivity index (χ0n) is 16.1. The molecule has 146 valence electrons. The molecule has 0 aliphatic carbocycles. The van der Waals surface area contributed by atoms with Crippen LogP contribution in [0.4, 0.5) is 5.69 Å². The minimum atomic E-state index is -0.0985. The minimum absolute atomic E-state index is 0. The first-order chi connectivity index (χ1) is 12.4. The fourth-order valence-electron chi connectivity index (χ4n) is 2.66. The molecule has 0 fully saturated rings. The second-order valence-electron chi connectivity index (χ2n) is 6.79. The first-order valence-electron chi connectivity index (χ1n) is 8.83. The summed E-state index contributed by atoms with van der Waals surface area (Å²) in [5.41, 5.74) is 9.14. The van der Waals surface area contributed by atoms with Gasteiger partial charge in [-0.2, -0.15) is 0 Å². The van der Waals surface area contributed by atoms with Gasteiger partial charge in [-0.15, -0.1) is 12.4 Å². The maximum atomic E-state index is 12.2. The quantitative estimate of drug-likeness (QED) is 0.713. The van der Waals surface area contributed by atoms with Crippen molar-refractivity contribution in [2.75, 3.05) is 19.3 Å². The first kappa shape index (κ1) is 22.5. The van der Waals surface area contributed by atoms with E-state index < -0.39 is 0 Å². The number of carbonyl (C=O) groups excluding carboxylic acids is 2. The van der Waals surface area contributed by atoms with E-state index in [4.69, 9.17) is 5.73 Å². The van der Waals surface area contributed by atoms with E-state index in [9.17, 15) is 9.59 Å². The van der Waals surface area contributed by atoms with Gasteiger partial charge in [-0.3, -0.25) is 9.59 Å². The number of anilines is 1. The average Bonchev–Trinajstić information content (AvgIpc) is 2.63. The average molecular weight is 390 g/mol. The lowest BCUT2D eigenvalue weighted by Crippen LogP contribution is -2.30. The Bertz CT molecular complexity index is 743. The molecule has 5 nitrogen and oxygen atoms in total. The lowest BCUT2D eigenvalue weighted by Gasteiger charge is -2.19. The molecule has 2 aromatic rings. The molecule has 27 heavy (non-hydrogen) atoms. The number of nitrogen functional groups attached to an aromatic ring is 1. The van der Waals surface area contributed by atoms with Gasteiger partial charge >= 0.3 is 0 Å². The molecule has 0 aromatic heterocycles. The largest absolute Gasteiger partial charge is 0.399 e. The molecule has 2 aromatic carbocycles. The van der Waals surface area contributed by atoms with Crippen LogP contribution in [0.1, 0.15) is 35.3 Å². The summed E-state index contributed by atoms with van der Waals surface area (Å²) in [5, 5.41) is 2.92. The molecule has 0 bridgehead atoms. The van der Waals surface area contributed by atoms with E-state index in [0.717, 1.165) is 23.2 Å². The van der Waals surface area contributed by atoms with Crippen molar-refractivity contribution in [1.29, 1.82) is 0 Å². The van der Waals surface area contributed by atoms with Crippen LogP contribution in [0.5, 0.6) is 0 Å². The summed E-state index contributed by atoms with van der Waals surface area (Å²) in [6.45, 7) is 4.87. The Kier molecular flexibility index (Phi) is 8.82. The van der Waals surface area contributed by atoms with Crippen molar-refractivity contribution in [3.63, 3.8) is 0 Å². The maximum Gasteiger partial charge on any atom is 0.251 e. The van der Waals surface area contributed by atoms with Gasteiger partial charge in [0.1, 0.15) is 0 Å². The summed E-state index contributed by atoms with van der Waals surface area (Å²) in [6, 6.07) is 15.0. The van der Waals surface area contributed by atoms with Crippen molar-refractivity contribution in [1.82, 2.24) is 10.2 Å². The monoisotopic (exact) mass is 389 g/mol. The highest BCUT2D eigenvalue weighted by atomic mass is 35.5. The fourth-order valence-corrected chi connectivity index (χ4v) is 2.66. The second kappa shape index (κ2) is 10.6. The molecule has 0 saturated carbocycles. The number of benzene rings is 2. The van der Waals surface area contributed by atoms with Crippen molar-refractivity contribution >= 4 is 29.9 Å². The summed E-state index contributed by atoms with van der Waals surface area (Å²) in [6.07, 6.45) is 0.756. The first-order valence-corrected chi connectivity index (χ1v) is 8.83. The SMILES string of the molecule is CC(C)C(=O)N(C)Cc1ccc(C(=O)NCCc2ccc(N)cc2)cc1.Cl. The summed E-state index contributed by atoms with van der Waals surface area (Å²) < 4.78 is 0. The van der Waals surface area contributed by atoms with Crippen LogP contribution in [0.25, 0.3) is 0 Å². The summed E-state index contributed by atoms with van der Waals surface area (Å²) in [7, 11) is 1.79. The van der Waals surface area contributed by atoms with Gasteiger partial charge in [-0.25, -0.2) is 0 Å². The third-order valence-corrected chi connectivity index (χ3v) is 4.18. The van der Waals surface area contributed by atoms with Crippen LogP contribution in [-0.2, 0) is 17.8 Å². The van der Waals surface area contributed by atoms with E-state index in [-0.39, 0.29) is 30.1 Å². The van der Waals surface area contributed by atoms with E-state index >= 15 is 0 Å². The highest BCUT2D eigenvalue weighted by Crippen LogP contribution is 2.10. The minimum Gasteiger partial charge on any atom is -0.399 e. The number of amides is 2. The molecule has 3 N–H and O–H groups in total. The van der Waals surface area contributed by atoms with E-state index in [0.29, 0.717) is 18.7 Å². The number of hydrogen-bond acceptors (Lipinski definition) is 3. The van der Waals surface area contributed by atoms with Crippen LogP contribution in [0.2, 0.25) is 0 Å². The molecule has 0 atom stereocenters. The summed E-state index contributed by atoms with van der Waals surface area (Å²) in [4.78, 5) is 25.9. The molecule has 2 rings (SSSR count). The standard InChI is InChI=1S/C21H27N3O2.ClH/c1-15(2)21(26)24(3)14-17-4-8-18(9-5-17)20(25)23-13-12-16-6-10-19(22)11-7-16;/h4-11,15H,12-14,22H2,1-3H3,(H,23,25);1H. The van der Waals surface area contributed by atoms with Crippen LogP contribution in [-0.4, -0.2) is 30.3 Å². The molecule has 0 saturated heterocycles. The third-order valence-electron chi connectivity index (χ3n) is 4.18. The predicted molar refractivity (Wildman–Crippen MR) is 112 cm³/mol. The number of hydrogen-bond donors (Lipinski definition) is 2. The molecule has 0 spiro atoms. The molecular weight excluding hydrogens is 362 g/mol. The Balaban J connectivity index is 0.00000364. The topological polar surface area (TPSA) is 75.4 Å². The number of nitrogens with one attached hydrogen (secondary N) is 1. The number of nitrogens with zero attached hydrogens (tertiary/aromatic N) is 1. The lowest BCUT2D eigenvalue weighted by molar-refractivity contribution is -0.133. The third kappa shape index (κ3) is 6.94. The van der Waals surface area contributed by atoms with E-state index in [1.807, 2.05) is 50.2 Å². The lowest BCUT2D eigenvalue weighted by atomic mass is 10.1. The highest BCUT2D eigenvalue weighted by Gasteiger charge is 2.13. The van der Waals surface area contributed by atoms with E-state index in [1.165, 1.54) is 0 Å². The molecule has 0 heterocycles. The van der Waals surface area contributed by atoms with E-state index in [1.54, 1.807) is 24.1 Å². The van der Waals surface area contributed by atoms with Crippen LogP contribution in [0.15, 0.2) is 48.5 Å². The molecule has 6 heteroatoms. The van der Waals surface area contributed by atoms with Crippen molar-refractivity contribution in [2.45, 2.75) is 26.8 Å². The number of carbonyl (C=O) groups is 2. The number of rotatable bonds is 7. The predicted octanol–water partition coefficient (Wildman–Crippen LogP) is 3.28. The van der Waals surface area contributed by atoms with Gasteiger partial charge < -0.3 is 16.0 Å². The van der Waals surface area contributed by atoms with Gasteiger partial charge in [0, 0.05) is 37.3 Å². The van der Waals surface area contributed by atoms with Gasteiger partial charge in [-0.05, 0) is 41.8 Å². The van der Waals surface area contributed by atoms with Crippen LogP contribution in [0.3, 0.4) is 0 Å². The van der Waals surface area contributed by atoms with Gasteiger partial charge in [-0.1, -0.05) is 38.1 Å². The zero-order chi connectivity index (χ0) is 19.1. The molecule has 2 amide bonds. The smallest absolute Gasteiger partial charge is 0.251 e. The Morgan fingerprint density at radius 2 is 1.56 bits per heavy atom. The number of nitrogens with two attached hydrogens (primary N) is 1. The van der Waals surface area contributed by atoms with Crippen LogP contribution in [0, 0.1) is 5.92 Å². The Morgan fingerprint density at radius 1 is 1.00 bits per heavy atom. The van der Waals surface area contributed by atoms with Gasteiger partial charge in [0.25, 0.3) is 5.91 Å². The van der Waals surface area contributed by atoms with Crippen molar-refractivity contribution < 1.29 is 9.59 Å². The zero-order valence-corrected chi connectivity index (χ0v) is 16.9. The second-order valence-corrected chi connectivity index (χ2v) is 6.79. The van der Waals surface area contributed by atoms with Crippen LogP contribution >= 0.6 is 12.4 Å². The highest BCUT2D eigenvalue weighted by molar-refractivity contribution is 5.94. The Labute approximate surface area is 167 Å². The maximum absolute atomic E-state index is 12.2. The van der Waals surface area contributed by atoms with Crippen molar-refractivity contribution in [3.05, 3.63) is 65.2 Å². The van der Waals surface area contributed by atoms with Crippen molar-refractivity contribution in [2.24, 2.45) is 5.92 Å². The van der Waals surface area contributed by atoms with Crippen LogP contribution < -0.4 is 11.1 Å². The molecular formula is C21H28ClN3O2. The van der Waals surface area contributed by atoms with Crippen molar-refractivity contribution in [3.8, 4) is 0 Å². The van der Waals surface area contributed by atoms with Gasteiger partial charge in [0.05, 0.1) is 0 Å². The Hall–Kier alpha value is -2.53. The fraction of sp³-hybridized carbons (Fsp3) is 0.333. The molecule has 0 aliphatic rings. The molecule has 0 unspecified atom stereocenters. The molecule has 0 aliphatic heterocycles. The Morgan fingerprint density at radius 3 is 2.11 bits per heavy atom. The normalized spacial score (nSPS) is 10.2.